The minimum absolute atomic E-state index is 0.857. The zero-order valence-corrected chi connectivity index (χ0v) is 8.65. The number of hydrogen-bond acceptors (Lipinski definition) is 3. The van der Waals surface area contributed by atoms with Crippen LogP contribution in [0.4, 0.5) is 0 Å². The molecule has 0 amide bonds. The van der Waals surface area contributed by atoms with Crippen molar-refractivity contribution in [3.05, 3.63) is 16.9 Å². The van der Waals surface area contributed by atoms with Gasteiger partial charge >= 0.3 is 0 Å². The van der Waals surface area contributed by atoms with Gasteiger partial charge in [-0.1, -0.05) is 18.7 Å². The maximum Gasteiger partial charge on any atom is 0.187 e. The third kappa shape index (κ3) is 3.20. The van der Waals surface area contributed by atoms with Gasteiger partial charge in [0.1, 0.15) is 0 Å². The van der Waals surface area contributed by atoms with Crippen molar-refractivity contribution < 1.29 is 0 Å². The summed E-state index contributed by atoms with van der Waals surface area (Å²) in [6, 6.07) is 0. The molecule has 0 unspecified atom stereocenters. The predicted molar refractivity (Wildman–Crippen MR) is 50.7 cm³/mol. The second-order valence-electron chi connectivity index (χ2n) is 2.03. The monoisotopic (exact) mass is 232 g/mol. The fourth-order valence-electron chi connectivity index (χ4n) is 0.568. The van der Waals surface area contributed by atoms with Crippen LogP contribution in [0.15, 0.2) is 22.0 Å². The lowest BCUT2D eigenvalue weighted by Crippen LogP contribution is -1.85. The molecule has 0 saturated heterocycles. The van der Waals surface area contributed by atoms with E-state index < -0.39 is 0 Å². The van der Waals surface area contributed by atoms with Crippen molar-refractivity contribution in [1.29, 1.82) is 0 Å². The molecule has 0 aliphatic heterocycles. The number of halogens is 1. The van der Waals surface area contributed by atoms with Crippen LogP contribution in [0.1, 0.15) is 13.3 Å². The largest absolute Gasteiger partial charge is 0.230 e. The molecule has 0 aromatic carbocycles. The molecule has 1 aromatic rings. The molecule has 0 N–H and O–H groups in total. The molecule has 0 saturated carbocycles. The van der Waals surface area contributed by atoms with Crippen LogP contribution in [0.5, 0.6) is 0 Å². The Morgan fingerprint density at radius 1 is 1.45 bits per heavy atom. The molecule has 4 heteroatoms. The smallest absolute Gasteiger partial charge is 0.187 e. The van der Waals surface area contributed by atoms with Crippen LogP contribution < -0.4 is 0 Å². The minimum Gasteiger partial charge on any atom is -0.230 e. The fourth-order valence-corrected chi connectivity index (χ4v) is 1.41. The van der Waals surface area contributed by atoms with Crippen molar-refractivity contribution in [1.82, 2.24) is 9.97 Å². The van der Waals surface area contributed by atoms with E-state index in [2.05, 4.69) is 32.8 Å². The maximum absolute atomic E-state index is 4.12. The Kier molecular flexibility index (Phi) is 3.86. The second-order valence-corrected chi connectivity index (χ2v) is 4.01. The van der Waals surface area contributed by atoms with Crippen molar-refractivity contribution in [3.8, 4) is 0 Å². The van der Waals surface area contributed by atoms with Crippen molar-refractivity contribution in [2.75, 3.05) is 5.75 Å². The summed E-state index contributed by atoms with van der Waals surface area (Å²) in [5.41, 5.74) is 0. The molecule has 0 aliphatic rings. The Hall–Kier alpha value is -0.0900. The second kappa shape index (κ2) is 4.72. The number of hydrogen-bond donors (Lipinski definition) is 0. The number of thioether (sulfide) groups is 1. The summed E-state index contributed by atoms with van der Waals surface area (Å²) in [4.78, 5) is 8.24. The zero-order chi connectivity index (χ0) is 8.10. The standard InChI is InChI=1S/C7H9BrN2S/c1-2-3-11-7-9-4-6(8)5-10-7/h4-5H,2-3H2,1H3. The van der Waals surface area contributed by atoms with Crippen molar-refractivity contribution >= 4 is 27.7 Å². The summed E-state index contributed by atoms with van der Waals surface area (Å²) in [5.74, 6) is 1.08. The summed E-state index contributed by atoms with van der Waals surface area (Å²) in [6.45, 7) is 2.14. The van der Waals surface area contributed by atoms with Gasteiger partial charge in [-0.3, -0.25) is 0 Å². The van der Waals surface area contributed by atoms with Gasteiger partial charge in [0, 0.05) is 18.1 Å². The summed E-state index contributed by atoms with van der Waals surface area (Å²) < 4.78 is 0.929. The van der Waals surface area contributed by atoms with Crippen LogP contribution >= 0.6 is 27.7 Å². The molecule has 0 fully saturated rings. The number of nitrogens with zero attached hydrogens (tertiary/aromatic N) is 2. The van der Waals surface area contributed by atoms with Gasteiger partial charge in [-0.2, -0.15) is 0 Å². The van der Waals surface area contributed by atoms with E-state index in [9.17, 15) is 0 Å². The first-order valence-electron chi connectivity index (χ1n) is 3.43. The molecule has 11 heavy (non-hydrogen) atoms. The highest BCUT2D eigenvalue weighted by atomic mass is 79.9. The van der Waals surface area contributed by atoms with E-state index >= 15 is 0 Å². The average Bonchev–Trinajstić information content (AvgIpc) is 2.04. The zero-order valence-electron chi connectivity index (χ0n) is 6.25. The number of rotatable bonds is 3. The molecule has 0 bridgehead atoms. The summed E-state index contributed by atoms with van der Waals surface area (Å²) in [6.07, 6.45) is 4.69. The summed E-state index contributed by atoms with van der Waals surface area (Å²) in [5, 5.41) is 0.857. The molecule has 0 aliphatic carbocycles. The van der Waals surface area contributed by atoms with E-state index in [4.69, 9.17) is 0 Å². The fraction of sp³-hybridized carbons (Fsp3) is 0.429. The van der Waals surface area contributed by atoms with E-state index in [-0.39, 0.29) is 0 Å². The molecule has 0 spiro atoms. The van der Waals surface area contributed by atoms with E-state index in [1.165, 1.54) is 0 Å². The van der Waals surface area contributed by atoms with Crippen LogP contribution in [0, 0.1) is 0 Å². The third-order valence-electron chi connectivity index (χ3n) is 1.03. The predicted octanol–water partition coefficient (Wildman–Crippen LogP) is 2.74. The van der Waals surface area contributed by atoms with Crippen molar-refractivity contribution in [3.63, 3.8) is 0 Å². The lowest BCUT2D eigenvalue weighted by atomic mass is 10.6. The third-order valence-corrected chi connectivity index (χ3v) is 2.52. The summed E-state index contributed by atoms with van der Waals surface area (Å²) >= 11 is 4.97. The van der Waals surface area contributed by atoms with Crippen LogP contribution in [-0.2, 0) is 0 Å². The highest BCUT2D eigenvalue weighted by Crippen LogP contribution is 2.14. The Bertz CT molecular complexity index is 212. The van der Waals surface area contributed by atoms with Crippen LogP contribution in [0.2, 0.25) is 0 Å². The topological polar surface area (TPSA) is 25.8 Å². The van der Waals surface area contributed by atoms with E-state index in [1.54, 1.807) is 24.2 Å². The van der Waals surface area contributed by atoms with Crippen molar-refractivity contribution in [2.45, 2.75) is 18.5 Å². The van der Waals surface area contributed by atoms with Gasteiger partial charge in [0.25, 0.3) is 0 Å². The normalized spacial score (nSPS) is 10.0. The molecular weight excluding hydrogens is 224 g/mol. The molecule has 1 rings (SSSR count). The van der Waals surface area contributed by atoms with Gasteiger partial charge in [-0.15, -0.1) is 0 Å². The highest BCUT2D eigenvalue weighted by molar-refractivity contribution is 9.10. The van der Waals surface area contributed by atoms with E-state index in [1.807, 2.05) is 0 Å². The van der Waals surface area contributed by atoms with Crippen molar-refractivity contribution in [2.24, 2.45) is 0 Å². The lowest BCUT2D eigenvalue weighted by Gasteiger charge is -1.95. The van der Waals surface area contributed by atoms with Crippen LogP contribution in [0.25, 0.3) is 0 Å². The van der Waals surface area contributed by atoms with Crippen LogP contribution in [-0.4, -0.2) is 15.7 Å². The quantitative estimate of drug-likeness (QED) is 0.593. The summed E-state index contributed by atoms with van der Waals surface area (Å²) in [7, 11) is 0. The maximum atomic E-state index is 4.12. The Balaban J connectivity index is 2.52. The van der Waals surface area contributed by atoms with Gasteiger partial charge in [-0.05, 0) is 22.4 Å². The molecule has 1 heterocycles. The van der Waals surface area contributed by atoms with Crippen LogP contribution in [0.3, 0.4) is 0 Å². The van der Waals surface area contributed by atoms with Gasteiger partial charge in [0.05, 0.1) is 4.47 Å². The van der Waals surface area contributed by atoms with Gasteiger partial charge in [-0.25, -0.2) is 9.97 Å². The van der Waals surface area contributed by atoms with Gasteiger partial charge in [0.2, 0.25) is 0 Å². The highest BCUT2D eigenvalue weighted by Gasteiger charge is 1.94. The average molecular weight is 233 g/mol. The molecular formula is C7H9BrN2S. The van der Waals surface area contributed by atoms with Gasteiger partial charge < -0.3 is 0 Å². The first-order valence-corrected chi connectivity index (χ1v) is 5.21. The lowest BCUT2D eigenvalue weighted by molar-refractivity contribution is 0.953. The minimum atomic E-state index is 0.857. The first kappa shape index (κ1) is 9.00. The van der Waals surface area contributed by atoms with E-state index in [0.717, 1.165) is 21.8 Å². The Morgan fingerprint density at radius 3 is 2.64 bits per heavy atom. The Labute approximate surface area is 79.0 Å². The molecule has 60 valence electrons. The molecule has 0 atom stereocenters. The van der Waals surface area contributed by atoms with E-state index in [0.29, 0.717) is 0 Å². The Morgan fingerprint density at radius 2 is 2.09 bits per heavy atom. The molecule has 2 nitrogen and oxygen atoms in total. The SMILES string of the molecule is CCCSc1ncc(Br)cn1. The number of aromatic nitrogens is 2. The molecule has 0 radical (unpaired) electrons. The van der Waals surface area contributed by atoms with Gasteiger partial charge in [0.15, 0.2) is 5.16 Å². The first-order chi connectivity index (χ1) is 5.33. The molecule has 1 aromatic heterocycles.